The molecule has 0 aromatic heterocycles. The SMILES string of the molecule is CC(NC(=O)C(NC(=O)CN)C(C)O)C(=O)O. The smallest absolute Gasteiger partial charge is 0.325 e. The van der Waals surface area contributed by atoms with E-state index in [2.05, 4.69) is 10.6 Å². The molecule has 0 aromatic rings. The fourth-order valence-electron chi connectivity index (χ4n) is 1.00. The predicted octanol–water partition coefficient (Wildman–Crippen LogP) is -2.60. The van der Waals surface area contributed by atoms with Crippen molar-refractivity contribution in [1.29, 1.82) is 0 Å². The van der Waals surface area contributed by atoms with Gasteiger partial charge in [-0.3, -0.25) is 14.4 Å². The van der Waals surface area contributed by atoms with Gasteiger partial charge in [0.1, 0.15) is 12.1 Å². The lowest BCUT2D eigenvalue weighted by Crippen LogP contribution is -2.56. The molecular weight excluding hydrogens is 230 g/mol. The van der Waals surface area contributed by atoms with Crippen LogP contribution in [0.3, 0.4) is 0 Å². The Balaban J connectivity index is 4.55. The van der Waals surface area contributed by atoms with Gasteiger partial charge in [0, 0.05) is 0 Å². The molecule has 0 saturated heterocycles. The minimum atomic E-state index is -1.23. The molecule has 17 heavy (non-hydrogen) atoms. The molecule has 0 heterocycles. The molecule has 0 radical (unpaired) electrons. The Morgan fingerprint density at radius 2 is 1.76 bits per heavy atom. The summed E-state index contributed by atoms with van der Waals surface area (Å²) in [4.78, 5) is 33.1. The fraction of sp³-hybridized carbons (Fsp3) is 0.667. The van der Waals surface area contributed by atoms with E-state index < -0.39 is 36.0 Å². The van der Waals surface area contributed by atoms with Crippen LogP contribution >= 0.6 is 0 Å². The minimum absolute atomic E-state index is 0.328. The molecule has 2 amide bonds. The number of amides is 2. The van der Waals surface area contributed by atoms with Gasteiger partial charge in [-0.25, -0.2) is 0 Å². The monoisotopic (exact) mass is 247 g/mol. The van der Waals surface area contributed by atoms with Crippen molar-refractivity contribution in [2.45, 2.75) is 32.0 Å². The number of rotatable bonds is 6. The van der Waals surface area contributed by atoms with E-state index in [0.29, 0.717) is 0 Å². The highest BCUT2D eigenvalue weighted by Crippen LogP contribution is 1.95. The third kappa shape index (κ3) is 5.27. The normalized spacial score (nSPS) is 15.5. The topological polar surface area (TPSA) is 142 Å². The summed E-state index contributed by atoms with van der Waals surface area (Å²) in [5.74, 6) is -2.61. The van der Waals surface area contributed by atoms with Gasteiger partial charge in [-0.15, -0.1) is 0 Å². The first-order valence-corrected chi connectivity index (χ1v) is 5.00. The summed E-state index contributed by atoms with van der Waals surface area (Å²) < 4.78 is 0. The molecule has 0 aliphatic heterocycles. The summed E-state index contributed by atoms with van der Waals surface area (Å²) in [6.07, 6.45) is -1.16. The number of aliphatic hydroxyl groups is 1. The fourth-order valence-corrected chi connectivity index (χ4v) is 1.00. The van der Waals surface area contributed by atoms with E-state index in [4.69, 9.17) is 10.8 Å². The standard InChI is InChI=1S/C9H17N3O5/c1-4(9(16)17)11-8(15)7(5(2)13)12-6(14)3-10/h4-5,7,13H,3,10H2,1-2H3,(H,11,15)(H,12,14)(H,16,17). The van der Waals surface area contributed by atoms with E-state index in [1.54, 1.807) is 0 Å². The molecule has 3 atom stereocenters. The lowest BCUT2D eigenvalue weighted by atomic mass is 10.1. The third-order valence-electron chi connectivity index (χ3n) is 2.00. The van der Waals surface area contributed by atoms with Crippen LogP contribution in [-0.2, 0) is 14.4 Å². The molecule has 0 fully saturated rings. The molecule has 8 heteroatoms. The summed E-state index contributed by atoms with van der Waals surface area (Å²) >= 11 is 0. The largest absolute Gasteiger partial charge is 0.480 e. The Kier molecular flexibility index (Phi) is 6.15. The quantitative estimate of drug-likeness (QED) is 0.348. The zero-order valence-electron chi connectivity index (χ0n) is 9.64. The molecule has 0 aliphatic rings. The molecule has 0 saturated carbocycles. The first-order chi connectivity index (χ1) is 7.79. The van der Waals surface area contributed by atoms with Crippen LogP contribution in [-0.4, -0.2) is 52.7 Å². The summed E-state index contributed by atoms with van der Waals surface area (Å²) in [5.41, 5.74) is 5.05. The zero-order valence-corrected chi connectivity index (χ0v) is 9.64. The van der Waals surface area contributed by atoms with Crippen LogP contribution in [0.15, 0.2) is 0 Å². The van der Waals surface area contributed by atoms with Crippen LogP contribution in [0.4, 0.5) is 0 Å². The lowest BCUT2D eigenvalue weighted by Gasteiger charge is -2.21. The van der Waals surface area contributed by atoms with Crippen molar-refractivity contribution in [3.8, 4) is 0 Å². The van der Waals surface area contributed by atoms with E-state index in [0.717, 1.165) is 0 Å². The Morgan fingerprint density at radius 3 is 2.12 bits per heavy atom. The van der Waals surface area contributed by atoms with Crippen LogP contribution in [0.1, 0.15) is 13.8 Å². The van der Waals surface area contributed by atoms with Crippen molar-refractivity contribution in [3.05, 3.63) is 0 Å². The Hall–Kier alpha value is -1.67. The molecule has 98 valence electrons. The average Bonchev–Trinajstić information content (AvgIpc) is 2.24. The van der Waals surface area contributed by atoms with Crippen LogP contribution in [0, 0.1) is 0 Å². The second-order valence-electron chi connectivity index (χ2n) is 3.56. The summed E-state index contributed by atoms with van der Waals surface area (Å²) in [6, 6.07) is -2.34. The van der Waals surface area contributed by atoms with Crippen molar-refractivity contribution < 1.29 is 24.6 Å². The van der Waals surface area contributed by atoms with Gasteiger partial charge in [0.05, 0.1) is 12.6 Å². The van der Waals surface area contributed by atoms with Crippen LogP contribution in [0.5, 0.6) is 0 Å². The van der Waals surface area contributed by atoms with E-state index in [-0.39, 0.29) is 6.54 Å². The number of hydrogen-bond acceptors (Lipinski definition) is 5. The minimum Gasteiger partial charge on any atom is -0.480 e. The number of nitrogens with two attached hydrogens (primary N) is 1. The molecule has 0 aliphatic carbocycles. The second kappa shape index (κ2) is 6.81. The highest BCUT2D eigenvalue weighted by molar-refractivity contribution is 5.91. The van der Waals surface area contributed by atoms with Gasteiger partial charge >= 0.3 is 5.97 Å². The summed E-state index contributed by atoms with van der Waals surface area (Å²) in [6.45, 7) is 2.24. The first-order valence-electron chi connectivity index (χ1n) is 5.00. The summed E-state index contributed by atoms with van der Waals surface area (Å²) in [7, 11) is 0. The lowest BCUT2D eigenvalue weighted by molar-refractivity contribution is -0.142. The third-order valence-corrected chi connectivity index (χ3v) is 2.00. The van der Waals surface area contributed by atoms with Crippen molar-refractivity contribution in [1.82, 2.24) is 10.6 Å². The van der Waals surface area contributed by atoms with Gasteiger partial charge in [0.25, 0.3) is 0 Å². The number of carboxylic acid groups (broad SMARTS) is 1. The first kappa shape index (κ1) is 15.3. The van der Waals surface area contributed by atoms with Crippen molar-refractivity contribution in [2.75, 3.05) is 6.54 Å². The van der Waals surface area contributed by atoms with Gasteiger partial charge in [0.2, 0.25) is 11.8 Å². The van der Waals surface area contributed by atoms with Gasteiger partial charge < -0.3 is 26.6 Å². The molecule has 8 nitrogen and oxygen atoms in total. The molecule has 0 rings (SSSR count). The van der Waals surface area contributed by atoms with E-state index in [1.165, 1.54) is 13.8 Å². The predicted molar refractivity (Wildman–Crippen MR) is 57.9 cm³/mol. The molecule has 0 bridgehead atoms. The van der Waals surface area contributed by atoms with Crippen LogP contribution < -0.4 is 16.4 Å². The van der Waals surface area contributed by atoms with Gasteiger partial charge in [0.15, 0.2) is 0 Å². The molecule has 0 aromatic carbocycles. The van der Waals surface area contributed by atoms with Gasteiger partial charge in [-0.2, -0.15) is 0 Å². The number of carboxylic acids is 1. The summed E-state index contributed by atoms with van der Waals surface area (Å²) in [5, 5.41) is 22.2. The van der Waals surface area contributed by atoms with E-state index in [1.807, 2.05) is 0 Å². The van der Waals surface area contributed by atoms with Gasteiger partial charge in [-0.05, 0) is 13.8 Å². The van der Waals surface area contributed by atoms with E-state index in [9.17, 15) is 19.5 Å². The maximum Gasteiger partial charge on any atom is 0.325 e. The number of carbonyl (C=O) groups is 3. The Labute approximate surface area is 98.2 Å². The molecular formula is C9H17N3O5. The van der Waals surface area contributed by atoms with E-state index >= 15 is 0 Å². The number of carbonyl (C=O) groups excluding carboxylic acids is 2. The Bertz CT molecular complexity index is 305. The molecule has 3 unspecified atom stereocenters. The van der Waals surface area contributed by atoms with Crippen LogP contribution in [0.25, 0.3) is 0 Å². The van der Waals surface area contributed by atoms with Crippen molar-refractivity contribution in [3.63, 3.8) is 0 Å². The van der Waals surface area contributed by atoms with Gasteiger partial charge in [-0.1, -0.05) is 0 Å². The van der Waals surface area contributed by atoms with Crippen LogP contribution in [0.2, 0.25) is 0 Å². The van der Waals surface area contributed by atoms with Crippen molar-refractivity contribution >= 4 is 17.8 Å². The highest BCUT2D eigenvalue weighted by Gasteiger charge is 2.27. The van der Waals surface area contributed by atoms with Crippen molar-refractivity contribution in [2.24, 2.45) is 5.73 Å². The number of aliphatic hydroxyl groups excluding tert-OH is 1. The molecule has 6 N–H and O–H groups in total. The zero-order chi connectivity index (χ0) is 13.6. The number of aliphatic carboxylic acids is 1. The maximum atomic E-state index is 11.6. The highest BCUT2D eigenvalue weighted by atomic mass is 16.4. The molecule has 0 spiro atoms. The maximum absolute atomic E-state index is 11.6. The Morgan fingerprint density at radius 1 is 1.24 bits per heavy atom. The second-order valence-corrected chi connectivity index (χ2v) is 3.56. The average molecular weight is 247 g/mol. The number of nitrogens with one attached hydrogen (secondary N) is 2. The number of hydrogen-bond donors (Lipinski definition) is 5.